The maximum Gasteiger partial charge on any atom is 0.410 e. The Kier molecular flexibility index (Phi) is 4.76. The van der Waals surface area contributed by atoms with E-state index in [1.54, 1.807) is 10.4 Å². The Labute approximate surface area is 127 Å². The largest absolute Gasteiger partial charge is 0.444 e. The molecule has 0 radical (unpaired) electrons. The summed E-state index contributed by atoms with van der Waals surface area (Å²) in [6.45, 7) is 6.48. The first-order chi connectivity index (χ1) is 9.85. The van der Waals surface area contributed by atoms with Crippen molar-refractivity contribution in [2.45, 2.75) is 39.2 Å². The monoisotopic (exact) mass is 312 g/mol. The van der Waals surface area contributed by atoms with Crippen LogP contribution in [0.15, 0.2) is 5.51 Å². The van der Waals surface area contributed by atoms with Gasteiger partial charge in [0.25, 0.3) is 0 Å². The van der Waals surface area contributed by atoms with Crippen LogP contribution in [0.4, 0.5) is 9.93 Å². The second kappa shape index (κ2) is 6.38. The summed E-state index contributed by atoms with van der Waals surface area (Å²) in [6.07, 6.45) is 1.17. The average Bonchev–Trinajstić information content (AvgIpc) is 2.90. The fraction of sp³-hybridized carbons (Fsp3) is 0.692. The zero-order valence-corrected chi connectivity index (χ0v) is 13.3. The van der Waals surface area contributed by atoms with Gasteiger partial charge in [0.15, 0.2) is 0 Å². The van der Waals surface area contributed by atoms with Gasteiger partial charge in [-0.2, -0.15) is 0 Å². The molecule has 21 heavy (non-hydrogen) atoms. The van der Waals surface area contributed by atoms with Crippen molar-refractivity contribution in [3.8, 4) is 0 Å². The predicted molar refractivity (Wildman–Crippen MR) is 79.1 cm³/mol. The highest BCUT2D eigenvalue weighted by molar-refractivity contribution is 7.13. The molecule has 1 fully saturated rings. The highest BCUT2D eigenvalue weighted by Gasteiger charge is 2.31. The predicted octanol–water partition coefficient (Wildman–Crippen LogP) is 2.12. The van der Waals surface area contributed by atoms with Crippen LogP contribution in [0.2, 0.25) is 0 Å². The molecule has 2 amide bonds. The van der Waals surface area contributed by atoms with Gasteiger partial charge in [0.1, 0.15) is 11.1 Å². The molecule has 1 aromatic rings. The first kappa shape index (κ1) is 15.7. The SMILES string of the molecule is CC(C)(C)OC(=O)N1CCCC(C(=O)Nc2nncs2)C1. The Balaban J connectivity index is 1.91. The van der Waals surface area contributed by atoms with E-state index in [1.807, 2.05) is 20.8 Å². The number of anilines is 1. The first-order valence-electron chi connectivity index (χ1n) is 6.90. The van der Waals surface area contributed by atoms with Gasteiger partial charge in [-0.25, -0.2) is 4.79 Å². The Bertz CT molecular complexity index is 498. The van der Waals surface area contributed by atoms with Gasteiger partial charge >= 0.3 is 6.09 Å². The average molecular weight is 312 g/mol. The molecule has 8 heteroatoms. The highest BCUT2D eigenvalue weighted by atomic mass is 32.1. The van der Waals surface area contributed by atoms with Gasteiger partial charge in [-0.3, -0.25) is 4.79 Å². The summed E-state index contributed by atoms with van der Waals surface area (Å²) < 4.78 is 5.35. The summed E-state index contributed by atoms with van der Waals surface area (Å²) in [5, 5.41) is 10.7. The normalized spacial score (nSPS) is 19.2. The van der Waals surface area contributed by atoms with Crippen LogP contribution in [0, 0.1) is 5.92 Å². The highest BCUT2D eigenvalue weighted by Crippen LogP contribution is 2.21. The zero-order chi connectivity index (χ0) is 15.5. The minimum absolute atomic E-state index is 0.125. The van der Waals surface area contributed by atoms with Crippen LogP contribution in [0.1, 0.15) is 33.6 Å². The third-order valence-corrected chi connectivity index (χ3v) is 3.64. The lowest BCUT2D eigenvalue weighted by Gasteiger charge is -2.33. The number of ether oxygens (including phenoxy) is 1. The lowest BCUT2D eigenvalue weighted by Crippen LogP contribution is -2.45. The number of hydrogen-bond donors (Lipinski definition) is 1. The van der Waals surface area contributed by atoms with Gasteiger partial charge in [-0.05, 0) is 33.6 Å². The van der Waals surface area contributed by atoms with E-state index in [9.17, 15) is 9.59 Å². The summed E-state index contributed by atoms with van der Waals surface area (Å²) >= 11 is 1.27. The van der Waals surface area contributed by atoms with Crippen molar-refractivity contribution in [3.05, 3.63) is 5.51 Å². The number of rotatable bonds is 2. The molecule has 1 aliphatic rings. The third kappa shape index (κ3) is 4.66. The molecule has 0 aliphatic carbocycles. The molecule has 1 N–H and O–H groups in total. The van der Waals surface area contributed by atoms with Crippen LogP contribution in [-0.2, 0) is 9.53 Å². The number of amides is 2. The molecule has 1 saturated heterocycles. The summed E-state index contributed by atoms with van der Waals surface area (Å²) in [6, 6.07) is 0. The maximum atomic E-state index is 12.2. The molecule has 2 rings (SSSR count). The maximum absolute atomic E-state index is 12.2. The quantitative estimate of drug-likeness (QED) is 0.904. The van der Waals surface area contributed by atoms with Gasteiger partial charge in [0, 0.05) is 13.1 Å². The Morgan fingerprint density at radius 1 is 1.48 bits per heavy atom. The van der Waals surface area contributed by atoms with E-state index < -0.39 is 5.60 Å². The van der Waals surface area contributed by atoms with E-state index in [0.717, 1.165) is 12.8 Å². The number of nitrogens with zero attached hydrogens (tertiary/aromatic N) is 3. The minimum atomic E-state index is -0.529. The van der Waals surface area contributed by atoms with Crippen LogP contribution in [0.5, 0.6) is 0 Å². The summed E-state index contributed by atoms with van der Waals surface area (Å²) in [4.78, 5) is 25.8. The molecule has 7 nitrogen and oxygen atoms in total. The lowest BCUT2D eigenvalue weighted by molar-refractivity contribution is -0.121. The van der Waals surface area contributed by atoms with Crippen LogP contribution < -0.4 is 5.32 Å². The summed E-state index contributed by atoms with van der Waals surface area (Å²) in [5.74, 6) is -0.366. The fourth-order valence-electron chi connectivity index (χ4n) is 2.12. The molecular formula is C13H20N4O3S. The Morgan fingerprint density at radius 2 is 2.24 bits per heavy atom. The number of piperidine rings is 1. The van der Waals surface area contributed by atoms with Crippen molar-refractivity contribution >= 4 is 28.5 Å². The molecule has 1 aliphatic heterocycles. The van der Waals surface area contributed by atoms with E-state index in [2.05, 4.69) is 15.5 Å². The molecule has 0 aromatic carbocycles. The molecule has 1 aromatic heterocycles. The van der Waals surface area contributed by atoms with Crippen LogP contribution in [0.25, 0.3) is 0 Å². The van der Waals surface area contributed by atoms with Crippen molar-refractivity contribution < 1.29 is 14.3 Å². The van der Waals surface area contributed by atoms with Gasteiger partial charge in [0.05, 0.1) is 5.92 Å². The zero-order valence-electron chi connectivity index (χ0n) is 12.5. The van der Waals surface area contributed by atoms with E-state index in [4.69, 9.17) is 4.74 Å². The fourth-order valence-corrected chi connectivity index (χ4v) is 2.57. The number of hydrogen-bond acceptors (Lipinski definition) is 6. The van der Waals surface area contributed by atoms with Crippen molar-refractivity contribution in [1.29, 1.82) is 0 Å². The third-order valence-electron chi connectivity index (χ3n) is 3.03. The van der Waals surface area contributed by atoms with E-state index in [0.29, 0.717) is 18.2 Å². The summed E-state index contributed by atoms with van der Waals surface area (Å²) in [7, 11) is 0. The standard InChI is InChI=1S/C13H20N4O3S/c1-13(2,3)20-12(19)17-6-4-5-9(7-17)10(18)15-11-16-14-8-21-11/h8-9H,4-7H2,1-3H3,(H,15,16,18). The van der Waals surface area contributed by atoms with Gasteiger partial charge in [-0.15, -0.1) is 10.2 Å². The van der Waals surface area contributed by atoms with Crippen molar-refractivity contribution in [1.82, 2.24) is 15.1 Å². The Hall–Kier alpha value is -1.70. The molecule has 2 heterocycles. The molecular weight excluding hydrogens is 292 g/mol. The summed E-state index contributed by atoms with van der Waals surface area (Å²) in [5.41, 5.74) is 1.03. The number of likely N-dealkylation sites (tertiary alicyclic amines) is 1. The molecule has 0 spiro atoms. The molecule has 1 unspecified atom stereocenters. The number of nitrogens with one attached hydrogen (secondary N) is 1. The number of aromatic nitrogens is 2. The molecule has 116 valence electrons. The van der Waals surface area contributed by atoms with Crippen LogP contribution in [-0.4, -0.2) is 45.8 Å². The van der Waals surface area contributed by atoms with Gasteiger partial charge < -0.3 is 15.0 Å². The Morgan fingerprint density at radius 3 is 2.86 bits per heavy atom. The molecule has 1 atom stereocenters. The van der Waals surface area contributed by atoms with Crippen molar-refractivity contribution in [2.75, 3.05) is 18.4 Å². The molecule has 0 bridgehead atoms. The smallest absolute Gasteiger partial charge is 0.410 e. The van der Waals surface area contributed by atoms with E-state index in [1.165, 1.54) is 11.3 Å². The number of carbonyl (C=O) groups is 2. The topological polar surface area (TPSA) is 84.4 Å². The minimum Gasteiger partial charge on any atom is -0.444 e. The van der Waals surface area contributed by atoms with E-state index in [-0.39, 0.29) is 17.9 Å². The second-order valence-electron chi connectivity index (χ2n) is 6.00. The molecule has 0 saturated carbocycles. The second-order valence-corrected chi connectivity index (χ2v) is 6.83. The van der Waals surface area contributed by atoms with Gasteiger partial charge in [-0.1, -0.05) is 11.3 Å². The first-order valence-corrected chi connectivity index (χ1v) is 7.78. The number of carbonyl (C=O) groups excluding carboxylic acids is 2. The van der Waals surface area contributed by atoms with Gasteiger partial charge in [0.2, 0.25) is 11.0 Å². The van der Waals surface area contributed by atoms with E-state index >= 15 is 0 Å². The van der Waals surface area contributed by atoms with Crippen molar-refractivity contribution in [2.24, 2.45) is 5.92 Å². The van der Waals surface area contributed by atoms with Crippen LogP contribution in [0.3, 0.4) is 0 Å². The van der Waals surface area contributed by atoms with Crippen LogP contribution >= 0.6 is 11.3 Å². The van der Waals surface area contributed by atoms with Crippen molar-refractivity contribution in [3.63, 3.8) is 0 Å². The lowest BCUT2D eigenvalue weighted by atomic mass is 9.97.